The number of carbonyl (C=O) groups is 1. The Bertz CT molecular complexity index is 1490. The number of ether oxygens (including phenoxy) is 1. The van der Waals surface area contributed by atoms with Crippen molar-refractivity contribution < 1.29 is 13.9 Å². The number of rotatable bonds is 7. The van der Waals surface area contributed by atoms with Crippen LogP contribution in [0.15, 0.2) is 39.9 Å². The molecule has 178 valence electrons. The van der Waals surface area contributed by atoms with Crippen molar-refractivity contribution in [2.45, 2.75) is 46.8 Å². The third-order valence-electron chi connectivity index (χ3n) is 5.91. The van der Waals surface area contributed by atoms with Crippen LogP contribution in [0.2, 0.25) is 0 Å². The number of nitrogens with one attached hydrogen (secondary N) is 1. The Morgan fingerprint density at radius 1 is 1.18 bits per heavy atom. The summed E-state index contributed by atoms with van der Waals surface area (Å²) in [5.74, 6) is -0.546. The molecule has 34 heavy (non-hydrogen) atoms. The average molecular weight is 468 g/mol. The van der Waals surface area contributed by atoms with E-state index in [0.717, 1.165) is 24.2 Å². The zero-order chi connectivity index (χ0) is 24.6. The van der Waals surface area contributed by atoms with Crippen LogP contribution in [-0.2, 0) is 24.9 Å². The van der Waals surface area contributed by atoms with Gasteiger partial charge >= 0.3 is 11.7 Å². The van der Waals surface area contributed by atoms with Gasteiger partial charge in [0.15, 0.2) is 11.2 Å². The monoisotopic (exact) mass is 467 g/mol. The van der Waals surface area contributed by atoms with Crippen LogP contribution in [0, 0.1) is 19.7 Å². The second kappa shape index (κ2) is 9.12. The molecule has 4 aromatic rings. The summed E-state index contributed by atoms with van der Waals surface area (Å²) in [4.78, 5) is 44.3. The van der Waals surface area contributed by atoms with Crippen LogP contribution in [0.5, 0.6) is 0 Å². The quantitative estimate of drug-likeness (QED) is 0.421. The predicted molar refractivity (Wildman–Crippen MR) is 125 cm³/mol. The lowest BCUT2D eigenvalue weighted by Gasteiger charge is -2.10. The molecule has 0 spiro atoms. The first-order chi connectivity index (χ1) is 16.2. The summed E-state index contributed by atoms with van der Waals surface area (Å²) in [7, 11) is 1.64. The maximum Gasteiger partial charge on any atom is 0.340 e. The van der Waals surface area contributed by atoms with Gasteiger partial charge < -0.3 is 13.9 Å². The number of imidazole rings is 1. The van der Waals surface area contributed by atoms with Crippen molar-refractivity contribution in [3.63, 3.8) is 0 Å². The first-order valence-corrected chi connectivity index (χ1v) is 11.0. The number of hydrogen-bond donors (Lipinski definition) is 1. The van der Waals surface area contributed by atoms with E-state index in [-0.39, 0.29) is 23.6 Å². The largest absolute Gasteiger partial charge is 0.454 e. The zero-order valence-corrected chi connectivity index (χ0v) is 19.5. The number of fused-ring (bicyclic) bond motifs is 1. The number of halogens is 1. The molecule has 9 nitrogen and oxygen atoms in total. The fourth-order valence-corrected chi connectivity index (χ4v) is 4.11. The Hall–Kier alpha value is -3.95. The van der Waals surface area contributed by atoms with Gasteiger partial charge in [-0.15, -0.1) is 0 Å². The highest BCUT2D eigenvalue weighted by Crippen LogP contribution is 2.22. The summed E-state index contributed by atoms with van der Waals surface area (Å²) in [6.45, 7) is 5.89. The molecule has 1 N–H and O–H groups in total. The third kappa shape index (κ3) is 4.07. The van der Waals surface area contributed by atoms with Gasteiger partial charge in [-0.05, 0) is 50.6 Å². The van der Waals surface area contributed by atoms with Gasteiger partial charge in [-0.1, -0.05) is 13.3 Å². The summed E-state index contributed by atoms with van der Waals surface area (Å²) in [5, 5.41) is 0. The van der Waals surface area contributed by atoms with Crippen molar-refractivity contribution in [2.24, 2.45) is 7.05 Å². The van der Waals surface area contributed by atoms with Crippen molar-refractivity contribution in [3.8, 4) is 5.69 Å². The molecule has 0 amide bonds. The molecule has 3 aromatic heterocycles. The molecule has 0 saturated carbocycles. The molecule has 0 atom stereocenters. The first kappa shape index (κ1) is 23.2. The van der Waals surface area contributed by atoms with Crippen molar-refractivity contribution >= 4 is 17.1 Å². The molecule has 0 aliphatic rings. The van der Waals surface area contributed by atoms with Crippen LogP contribution in [0.4, 0.5) is 4.39 Å². The van der Waals surface area contributed by atoms with E-state index in [1.165, 1.54) is 21.3 Å². The van der Waals surface area contributed by atoms with E-state index >= 15 is 0 Å². The van der Waals surface area contributed by atoms with E-state index in [1.54, 1.807) is 32.2 Å². The van der Waals surface area contributed by atoms with Gasteiger partial charge in [0.05, 0.1) is 5.56 Å². The van der Waals surface area contributed by atoms with Gasteiger partial charge in [-0.3, -0.25) is 14.3 Å². The Labute approximate surface area is 194 Å². The number of unbranched alkanes of at least 4 members (excludes halogenated alkanes) is 1. The number of esters is 1. The van der Waals surface area contributed by atoms with E-state index in [9.17, 15) is 18.8 Å². The zero-order valence-electron chi connectivity index (χ0n) is 19.5. The Kier molecular flexibility index (Phi) is 6.23. The maximum atomic E-state index is 13.3. The fraction of sp³-hybridized carbons (Fsp3) is 0.333. The molecule has 0 bridgehead atoms. The molecule has 0 aliphatic heterocycles. The van der Waals surface area contributed by atoms with Gasteiger partial charge in [0, 0.05) is 30.7 Å². The van der Waals surface area contributed by atoms with E-state index in [4.69, 9.17) is 4.74 Å². The van der Waals surface area contributed by atoms with Gasteiger partial charge in [-0.25, -0.2) is 19.0 Å². The molecule has 1 aromatic carbocycles. The SMILES string of the molecule is CCCCn1c(=O)[nH]c(=O)c2c1nc(COC(=O)c1cc(C)n(-c3ccc(F)cc3)c1C)n2C. The smallest absolute Gasteiger partial charge is 0.340 e. The number of aromatic nitrogens is 5. The lowest BCUT2D eigenvalue weighted by atomic mass is 10.2. The van der Waals surface area contributed by atoms with Gasteiger partial charge in [0.2, 0.25) is 0 Å². The number of nitrogens with zero attached hydrogens (tertiary/aromatic N) is 4. The van der Waals surface area contributed by atoms with Gasteiger partial charge in [0.25, 0.3) is 5.56 Å². The van der Waals surface area contributed by atoms with Crippen molar-refractivity contribution in [1.82, 2.24) is 23.7 Å². The standard InChI is InChI=1S/C24H26FN5O4/c1-5-6-11-29-21-20(22(31)27-24(29)33)28(4)19(26-21)13-34-23(32)18-12-14(2)30(15(18)3)17-9-7-16(25)8-10-17/h7-10,12H,5-6,11,13H2,1-4H3,(H,27,31,33). The Balaban J connectivity index is 1.62. The van der Waals surface area contributed by atoms with Crippen LogP contribution < -0.4 is 11.2 Å². The number of hydrogen-bond acceptors (Lipinski definition) is 5. The van der Waals surface area contributed by atoms with Crippen molar-refractivity contribution in [1.29, 1.82) is 0 Å². The average Bonchev–Trinajstić information content (AvgIpc) is 3.28. The molecule has 0 unspecified atom stereocenters. The Morgan fingerprint density at radius 2 is 1.88 bits per heavy atom. The summed E-state index contributed by atoms with van der Waals surface area (Å²) in [6.07, 6.45) is 1.63. The molecule has 3 heterocycles. The minimum absolute atomic E-state index is 0.175. The van der Waals surface area contributed by atoms with Crippen LogP contribution >= 0.6 is 0 Å². The highest BCUT2D eigenvalue weighted by atomic mass is 19.1. The van der Waals surface area contributed by atoms with E-state index < -0.39 is 17.2 Å². The minimum atomic E-state index is -0.550. The lowest BCUT2D eigenvalue weighted by molar-refractivity contribution is 0.0459. The highest BCUT2D eigenvalue weighted by Gasteiger charge is 2.21. The molecular formula is C24H26FN5O4. The molecule has 0 radical (unpaired) electrons. The lowest BCUT2D eigenvalue weighted by Crippen LogP contribution is -2.31. The van der Waals surface area contributed by atoms with Crippen LogP contribution in [0.25, 0.3) is 16.9 Å². The van der Waals surface area contributed by atoms with Crippen LogP contribution in [0.1, 0.15) is 47.3 Å². The topological polar surface area (TPSA) is 104 Å². The van der Waals surface area contributed by atoms with Crippen LogP contribution in [-0.4, -0.2) is 29.6 Å². The molecule has 0 fully saturated rings. The maximum absolute atomic E-state index is 13.3. The molecule has 10 heteroatoms. The summed E-state index contributed by atoms with van der Waals surface area (Å²) >= 11 is 0. The highest BCUT2D eigenvalue weighted by molar-refractivity contribution is 5.91. The minimum Gasteiger partial charge on any atom is -0.454 e. The van der Waals surface area contributed by atoms with Crippen molar-refractivity contribution in [3.05, 3.63) is 79.8 Å². The first-order valence-electron chi connectivity index (χ1n) is 11.0. The number of aromatic amines is 1. The number of carbonyl (C=O) groups excluding carboxylic acids is 1. The second-order valence-corrected chi connectivity index (χ2v) is 8.20. The summed E-state index contributed by atoms with van der Waals surface area (Å²) in [6, 6.07) is 7.71. The van der Waals surface area contributed by atoms with Crippen molar-refractivity contribution in [2.75, 3.05) is 0 Å². The van der Waals surface area contributed by atoms with E-state index in [2.05, 4.69) is 9.97 Å². The summed E-state index contributed by atoms with van der Waals surface area (Å²) in [5.41, 5.74) is 2.02. The van der Waals surface area contributed by atoms with Gasteiger partial charge in [-0.2, -0.15) is 0 Å². The Morgan fingerprint density at radius 3 is 2.56 bits per heavy atom. The normalized spacial score (nSPS) is 11.3. The number of benzene rings is 1. The molecule has 4 rings (SSSR count). The second-order valence-electron chi connectivity index (χ2n) is 8.20. The number of aryl methyl sites for hydroxylation is 3. The van der Waals surface area contributed by atoms with Gasteiger partial charge in [0.1, 0.15) is 18.2 Å². The fourth-order valence-electron chi connectivity index (χ4n) is 4.11. The molecule has 0 saturated heterocycles. The van der Waals surface area contributed by atoms with E-state index in [1.807, 2.05) is 18.4 Å². The summed E-state index contributed by atoms with van der Waals surface area (Å²) < 4.78 is 23.6. The van der Waals surface area contributed by atoms with E-state index in [0.29, 0.717) is 23.6 Å². The molecular weight excluding hydrogens is 441 g/mol. The van der Waals surface area contributed by atoms with Crippen LogP contribution in [0.3, 0.4) is 0 Å². The number of H-pyrrole nitrogens is 1. The predicted octanol–water partition coefficient (Wildman–Crippen LogP) is 3.13. The third-order valence-corrected chi connectivity index (χ3v) is 5.91. The molecule has 0 aliphatic carbocycles.